The third kappa shape index (κ3) is 2.63. The Morgan fingerprint density at radius 1 is 1.30 bits per heavy atom. The Kier molecular flexibility index (Phi) is 3.87. The Bertz CT molecular complexity index is 476. The maximum atomic E-state index is 6.18. The highest BCUT2D eigenvalue weighted by atomic mass is 16.6. The molecule has 1 saturated heterocycles. The van der Waals surface area contributed by atoms with E-state index in [1.54, 1.807) is 0 Å². The third-order valence-corrected chi connectivity index (χ3v) is 3.81. The van der Waals surface area contributed by atoms with Crippen molar-refractivity contribution < 1.29 is 14.2 Å². The van der Waals surface area contributed by atoms with Gasteiger partial charge in [-0.15, -0.1) is 0 Å². The van der Waals surface area contributed by atoms with Crippen molar-refractivity contribution in [1.29, 1.82) is 0 Å². The molecule has 0 saturated carbocycles. The van der Waals surface area contributed by atoms with Crippen molar-refractivity contribution in [3.8, 4) is 11.5 Å². The van der Waals surface area contributed by atoms with Gasteiger partial charge in [-0.3, -0.25) is 0 Å². The van der Waals surface area contributed by atoms with Gasteiger partial charge in [-0.1, -0.05) is 0 Å². The predicted octanol–water partition coefficient (Wildman–Crippen LogP) is 2.05. The smallest absolute Gasteiger partial charge is 0.163 e. The lowest BCUT2D eigenvalue weighted by Gasteiger charge is -2.35. The molecule has 1 aromatic rings. The summed E-state index contributed by atoms with van der Waals surface area (Å²) in [4.78, 5) is 2.29. The van der Waals surface area contributed by atoms with Crippen molar-refractivity contribution in [3.63, 3.8) is 0 Å². The Balaban J connectivity index is 1.82. The predicted molar refractivity (Wildman–Crippen MR) is 78.7 cm³/mol. The number of nitrogens with zero attached hydrogens (tertiary/aromatic N) is 1. The summed E-state index contributed by atoms with van der Waals surface area (Å²) in [6, 6.07) is 3.87. The molecular formula is C15H22N2O3. The van der Waals surface area contributed by atoms with Gasteiger partial charge in [0.2, 0.25) is 0 Å². The molecule has 0 aromatic heterocycles. The van der Waals surface area contributed by atoms with E-state index < -0.39 is 0 Å². The van der Waals surface area contributed by atoms with Crippen LogP contribution in [0.25, 0.3) is 0 Å². The SMILES string of the molecule is CCOC1CCCN(c2cc3c(cc2N)OCCO3)C1. The van der Waals surface area contributed by atoms with Crippen LogP contribution in [-0.2, 0) is 4.74 Å². The first-order chi connectivity index (χ1) is 9.78. The number of piperidine rings is 1. The zero-order valence-corrected chi connectivity index (χ0v) is 11.9. The molecule has 2 aliphatic rings. The van der Waals surface area contributed by atoms with Gasteiger partial charge < -0.3 is 24.8 Å². The van der Waals surface area contributed by atoms with Gasteiger partial charge in [-0.25, -0.2) is 0 Å². The number of rotatable bonds is 3. The Morgan fingerprint density at radius 2 is 2.05 bits per heavy atom. The van der Waals surface area contributed by atoms with Crippen molar-refractivity contribution in [1.82, 2.24) is 0 Å². The summed E-state index contributed by atoms with van der Waals surface area (Å²) in [7, 11) is 0. The average molecular weight is 278 g/mol. The number of nitrogen functional groups attached to an aromatic ring is 1. The monoisotopic (exact) mass is 278 g/mol. The topological polar surface area (TPSA) is 57.0 Å². The summed E-state index contributed by atoms with van der Waals surface area (Å²) in [5, 5.41) is 0. The van der Waals surface area contributed by atoms with Crippen LogP contribution < -0.4 is 20.1 Å². The van der Waals surface area contributed by atoms with Gasteiger partial charge in [0.1, 0.15) is 13.2 Å². The largest absolute Gasteiger partial charge is 0.486 e. The zero-order valence-electron chi connectivity index (χ0n) is 11.9. The van der Waals surface area contributed by atoms with Crippen LogP contribution in [0.5, 0.6) is 11.5 Å². The summed E-state index contributed by atoms with van der Waals surface area (Å²) in [6.45, 7) is 5.87. The lowest BCUT2D eigenvalue weighted by atomic mass is 10.1. The van der Waals surface area contributed by atoms with Crippen LogP contribution in [0.4, 0.5) is 11.4 Å². The molecule has 3 rings (SSSR count). The van der Waals surface area contributed by atoms with Gasteiger partial charge in [-0.2, -0.15) is 0 Å². The van der Waals surface area contributed by atoms with E-state index >= 15 is 0 Å². The van der Waals surface area contributed by atoms with Crippen molar-refractivity contribution >= 4 is 11.4 Å². The number of benzene rings is 1. The zero-order chi connectivity index (χ0) is 13.9. The van der Waals surface area contributed by atoms with Gasteiger partial charge in [0.25, 0.3) is 0 Å². The second-order valence-corrected chi connectivity index (χ2v) is 5.22. The number of hydrogen-bond donors (Lipinski definition) is 1. The number of nitrogens with two attached hydrogens (primary N) is 1. The molecule has 1 atom stereocenters. The van der Waals surface area contributed by atoms with Gasteiger partial charge in [0, 0.05) is 31.8 Å². The standard InChI is InChI=1S/C15H22N2O3/c1-2-18-11-4-3-5-17(10-11)13-9-15-14(8-12(13)16)19-6-7-20-15/h8-9,11H,2-7,10,16H2,1H3. The van der Waals surface area contributed by atoms with E-state index in [4.69, 9.17) is 19.9 Å². The molecule has 2 N–H and O–H groups in total. The van der Waals surface area contributed by atoms with Crippen LogP contribution in [0.2, 0.25) is 0 Å². The van der Waals surface area contributed by atoms with Crippen LogP contribution in [0.15, 0.2) is 12.1 Å². The molecule has 0 bridgehead atoms. The number of fused-ring (bicyclic) bond motifs is 1. The molecule has 2 aliphatic heterocycles. The molecule has 1 aromatic carbocycles. The molecule has 0 spiro atoms. The van der Waals surface area contributed by atoms with Crippen molar-refractivity contribution in [2.75, 3.05) is 43.5 Å². The first-order valence-corrected chi connectivity index (χ1v) is 7.33. The summed E-state index contributed by atoms with van der Waals surface area (Å²) >= 11 is 0. The van der Waals surface area contributed by atoms with E-state index in [-0.39, 0.29) is 0 Å². The molecule has 1 unspecified atom stereocenters. The van der Waals surface area contributed by atoms with E-state index in [1.165, 1.54) is 0 Å². The molecule has 20 heavy (non-hydrogen) atoms. The van der Waals surface area contributed by atoms with Gasteiger partial charge in [0.05, 0.1) is 17.5 Å². The summed E-state index contributed by atoms with van der Waals surface area (Å²) < 4.78 is 17.0. The molecule has 5 nitrogen and oxygen atoms in total. The van der Waals surface area contributed by atoms with E-state index in [9.17, 15) is 0 Å². The van der Waals surface area contributed by atoms with E-state index in [2.05, 4.69) is 4.90 Å². The first-order valence-electron chi connectivity index (χ1n) is 7.33. The Hall–Kier alpha value is -1.62. The first kappa shape index (κ1) is 13.4. The van der Waals surface area contributed by atoms with Gasteiger partial charge >= 0.3 is 0 Å². The highest BCUT2D eigenvalue weighted by molar-refractivity contribution is 5.73. The van der Waals surface area contributed by atoms with E-state index in [1.807, 2.05) is 19.1 Å². The average Bonchev–Trinajstić information content (AvgIpc) is 2.47. The quantitative estimate of drug-likeness (QED) is 0.858. The number of hydrogen-bond acceptors (Lipinski definition) is 5. The van der Waals surface area contributed by atoms with E-state index in [0.29, 0.717) is 19.3 Å². The molecule has 1 fully saturated rings. The molecule has 0 amide bonds. The molecule has 0 aliphatic carbocycles. The normalized spacial score (nSPS) is 21.9. The van der Waals surface area contributed by atoms with Gasteiger partial charge in [-0.05, 0) is 19.8 Å². The van der Waals surface area contributed by atoms with Crippen LogP contribution >= 0.6 is 0 Å². The minimum Gasteiger partial charge on any atom is -0.486 e. The number of anilines is 2. The van der Waals surface area contributed by atoms with Crippen molar-refractivity contribution in [2.45, 2.75) is 25.9 Å². The van der Waals surface area contributed by atoms with Crippen molar-refractivity contribution in [3.05, 3.63) is 12.1 Å². The molecule has 2 heterocycles. The fourth-order valence-corrected chi connectivity index (χ4v) is 2.90. The van der Waals surface area contributed by atoms with Crippen molar-refractivity contribution in [2.24, 2.45) is 0 Å². The minimum absolute atomic E-state index is 0.293. The summed E-state index contributed by atoms with van der Waals surface area (Å²) in [6.07, 6.45) is 2.54. The number of ether oxygens (including phenoxy) is 3. The summed E-state index contributed by atoms with van der Waals surface area (Å²) in [5.41, 5.74) is 7.95. The highest BCUT2D eigenvalue weighted by Gasteiger charge is 2.24. The van der Waals surface area contributed by atoms with Crippen LogP contribution in [-0.4, -0.2) is 39.0 Å². The molecule has 5 heteroatoms. The van der Waals surface area contributed by atoms with Crippen LogP contribution in [0, 0.1) is 0 Å². The lowest BCUT2D eigenvalue weighted by Crippen LogP contribution is -2.40. The molecule has 0 radical (unpaired) electrons. The lowest BCUT2D eigenvalue weighted by molar-refractivity contribution is 0.0527. The highest BCUT2D eigenvalue weighted by Crippen LogP contribution is 2.39. The van der Waals surface area contributed by atoms with Crippen LogP contribution in [0.1, 0.15) is 19.8 Å². The second-order valence-electron chi connectivity index (χ2n) is 5.22. The molecular weight excluding hydrogens is 256 g/mol. The fraction of sp³-hybridized carbons (Fsp3) is 0.600. The van der Waals surface area contributed by atoms with E-state index in [0.717, 1.165) is 55.4 Å². The van der Waals surface area contributed by atoms with Crippen LogP contribution in [0.3, 0.4) is 0 Å². The fourth-order valence-electron chi connectivity index (χ4n) is 2.90. The maximum absolute atomic E-state index is 6.18. The van der Waals surface area contributed by atoms with Gasteiger partial charge in [0.15, 0.2) is 11.5 Å². The second kappa shape index (κ2) is 5.79. The Labute approximate surface area is 119 Å². The maximum Gasteiger partial charge on any atom is 0.163 e. The summed E-state index contributed by atoms with van der Waals surface area (Å²) in [5.74, 6) is 1.54. The molecule has 110 valence electrons. The minimum atomic E-state index is 0.293. The third-order valence-electron chi connectivity index (χ3n) is 3.81. The Morgan fingerprint density at radius 3 is 2.80 bits per heavy atom.